The van der Waals surface area contributed by atoms with Crippen molar-refractivity contribution in [2.45, 2.75) is 20.8 Å². The summed E-state index contributed by atoms with van der Waals surface area (Å²) in [7, 11) is 0. The topological polar surface area (TPSA) is 67.4 Å². The van der Waals surface area contributed by atoms with Crippen LogP contribution in [0.25, 0.3) is 5.82 Å². The first-order valence-electron chi connectivity index (χ1n) is 4.90. The van der Waals surface area contributed by atoms with E-state index < -0.39 is 0 Å². The lowest BCUT2D eigenvalue weighted by molar-refractivity contribution is 0.799. The molecule has 0 saturated heterocycles. The Labute approximate surface area is 93.4 Å². The molecule has 2 rings (SSSR count). The van der Waals surface area contributed by atoms with Crippen molar-refractivity contribution in [3.05, 3.63) is 35.0 Å². The Morgan fingerprint density at radius 2 is 2.06 bits per heavy atom. The van der Waals surface area contributed by atoms with Gasteiger partial charge in [-0.3, -0.25) is 0 Å². The zero-order chi connectivity index (χ0) is 11.7. The van der Waals surface area contributed by atoms with Gasteiger partial charge in [0.2, 0.25) is 0 Å². The highest BCUT2D eigenvalue weighted by atomic mass is 15.4. The molecular weight excluding hydrogens is 202 g/mol. The molecule has 80 valence electrons. The Morgan fingerprint density at radius 3 is 2.62 bits per heavy atom. The standard InChI is InChI=1S/C11H11N5/c1-7-4-5-13-11(10(7)6-12)16-9(3)14-8(2)15-16/h4-5H,1-3H3. The molecule has 0 radical (unpaired) electrons. The number of nitriles is 1. The van der Waals surface area contributed by atoms with Gasteiger partial charge in [-0.1, -0.05) is 0 Å². The van der Waals surface area contributed by atoms with E-state index >= 15 is 0 Å². The van der Waals surface area contributed by atoms with Crippen molar-refractivity contribution < 1.29 is 0 Å². The Hall–Kier alpha value is -2.22. The van der Waals surface area contributed by atoms with Gasteiger partial charge in [0, 0.05) is 6.20 Å². The van der Waals surface area contributed by atoms with Crippen LogP contribution in [0.3, 0.4) is 0 Å². The normalized spacial score (nSPS) is 10.1. The summed E-state index contributed by atoms with van der Waals surface area (Å²) in [6.07, 6.45) is 1.67. The molecule has 5 nitrogen and oxygen atoms in total. The maximum atomic E-state index is 9.11. The molecule has 16 heavy (non-hydrogen) atoms. The second-order valence-electron chi connectivity index (χ2n) is 3.56. The second kappa shape index (κ2) is 3.74. The van der Waals surface area contributed by atoms with Crippen LogP contribution in [0.4, 0.5) is 0 Å². The molecule has 0 unspecified atom stereocenters. The van der Waals surface area contributed by atoms with Gasteiger partial charge in [0.05, 0.1) is 5.56 Å². The number of aromatic nitrogens is 4. The van der Waals surface area contributed by atoms with Crippen LogP contribution in [0.1, 0.15) is 22.8 Å². The van der Waals surface area contributed by atoms with E-state index in [0.717, 1.165) is 11.4 Å². The van der Waals surface area contributed by atoms with E-state index in [1.54, 1.807) is 16.9 Å². The van der Waals surface area contributed by atoms with E-state index in [-0.39, 0.29) is 0 Å². The monoisotopic (exact) mass is 213 g/mol. The van der Waals surface area contributed by atoms with Crippen LogP contribution in [0, 0.1) is 32.1 Å². The van der Waals surface area contributed by atoms with Gasteiger partial charge in [-0.05, 0) is 32.4 Å². The zero-order valence-corrected chi connectivity index (χ0v) is 9.39. The minimum atomic E-state index is 0.538. The summed E-state index contributed by atoms with van der Waals surface area (Å²) in [6, 6.07) is 3.95. The van der Waals surface area contributed by atoms with Gasteiger partial charge in [-0.2, -0.15) is 9.94 Å². The Kier molecular flexibility index (Phi) is 2.41. The molecule has 0 aliphatic heterocycles. The van der Waals surface area contributed by atoms with E-state index in [1.807, 2.05) is 20.8 Å². The Morgan fingerprint density at radius 1 is 1.31 bits per heavy atom. The van der Waals surface area contributed by atoms with Crippen LogP contribution < -0.4 is 0 Å². The summed E-state index contributed by atoms with van der Waals surface area (Å²) in [5.74, 6) is 1.94. The van der Waals surface area contributed by atoms with E-state index in [9.17, 15) is 0 Å². The molecule has 0 bridgehead atoms. The van der Waals surface area contributed by atoms with Crippen molar-refractivity contribution in [3.8, 4) is 11.9 Å². The second-order valence-corrected chi connectivity index (χ2v) is 3.56. The third kappa shape index (κ3) is 1.54. The Bertz CT molecular complexity index is 577. The van der Waals surface area contributed by atoms with Gasteiger partial charge in [0.15, 0.2) is 5.82 Å². The molecule has 0 aliphatic rings. The number of hydrogen-bond acceptors (Lipinski definition) is 4. The predicted molar refractivity (Wildman–Crippen MR) is 58.1 cm³/mol. The molecule has 5 heteroatoms. The number of pyridine rings is 1. The molecule has 0 fully saturated rings. The van der Waals surface area contributed by atoms with Gasteiger partial charge >= 0.3 is 0 Å². The zero-order valence-electron chi connectivity index (χ0n) is 9.39. The van der Waals surface area contributed by atoms with Gasteiger partial charge in [-0.15, -0.1) is 5.10 Å². The van der Waals surface area contributed by atoms with Crippen molar-refractivity contribution in [1.29, 1.82) is 5.26 Å². The van der Waals surface area contributed by atoms with Crippen molar-refractivity contribution >= 4 is 0 Å². The molecule has 2 heterocycles. The fourth-order valence-electron chi connectivity index (χ4n) is 1.56. The summed E-state index contributed by atoms with van der Waals surface area (Å²) in [6.45, 7) is 5.53. The quantitative estimate of drug-likeness (QED) is 0.719. The van der Waals surface area contributed by atoms with Crippen LogP contribution in [-0.4, -0.2) is 19.7 Å². The molecule has 0 aliphatic carbocycles. The first-order valence-corrected chi connectivity index (χ1v) is 4.90. The average molecular weight is 213 g/mol. The highest BCUT2D eigenvalue weighted by molar-refractivity contribution is 5.48. The van der Waals surface area contributed by atoms with Gasteiger partial charge in [0.1, 0.15) is 17.7 Å². The number of rotatable bonds is 1. The minimum Gasteiger partial charge on any atom is -0.236 e. The van der Waals surface area contributed by atoms with Crippen LogP contribution in [0.2, 0.25) is 0 Å². The SMILES string of the molecule is Cc1nc(C)n(-c2nccc(C)c2C#N)n1. The summed E-state index contributed by atoms with van der Waals surface area (Å²) >= 11 is 0. The van der Waals surface area contributed by atoms with E-state index in [1.165, 1.54) is 0 Å². The van der Waals surface area contributed by atoms with Crippen molar-refractivity contribution in [3.63, 3.8) is 0 Å². The molecule has 2 aromatic heterocycles. The number of aryl methyl sites for hydroxylation is 3. The lowest BCUT2D eigenvalue weighted by atomic mass is 10.1. The molecule has 0 spiro atoms. The van der Waals surface area contributed by atoms with Gasteiger partial charge < -0.3 is 0 Å². The van der Waals surface area contributed by atoms with Crippen molar-refractivity contribution in [1.82, 2.24) is 19.7 Å². The molecule has 0 aromatic carbocycles. The predicted octanol–water partition coefficient (Wildman–Crippen LogP) is 1.46. The smallest absolute Gasteiger partial charge is 0.173 e. The largest absolute Gasteiger partial charge is 0.236 e. The maximum absolute atomic E-state index is 9.11. The van der Waals surface area contributed by atoms with Crippen LogP contribution in [-0.2, 0) is 0 Å². The fraction of sp³-hybridized carbons (Fsp3) is 0.273. The molecular formula is C11H11N5. The summed E-state index contributed by atoms with van der Waals surface area (Å²) in [5, 5.41) is 13.3. The molecule has 0 N–H and O–H groups in total. The van der Waals surface area contributed by atoms with E-state index in [4.69, 9.17) is 5.26 Å². The average Bonchev–Trinajstić information content (AvgIpc) is 2.57. The summed E-state index contributed by atoms with van der Waals surface area (Å²) < 4.78 is 1.60. The summed E-state index contributed by atoms with van der Waals surface area (Å²) in [4.78, 5) is 8.39. The first-order chi connectivity index (χ1) is 7.63. The minimum absolute atomic E-state index is 0.538. The Balaban J connectivity index is 2.70. The number of hydrogen-bond donors (Lipinski definition) is 0. The fourth-order valence-corrected chi connectivity index (χ4v) is 1.56. The lowest BCUT2D eigenvalue weighted by Gasteiger charge is -2.05. The van der Waals surface area contributed by atoms with Crippen LogP contribution in [0.15, 0.2) is 12.3 Å². The third-order valence-electron chi connectivity index (χ3n) is 2.33. The van der Waals surface area contributed by atoms with E-state index in [2.05, 4.69) is 21.1 Å². The van der Waals surface area contributed by atoms with Crippen molar-refractivity contribution in [2.24, 2.45) is 0 Å². The van der Waals surface area contributed by atoms with E-state index in [0.29, 0.717) is 17.2 Å². The van der Waals surface area contributed by atoms with Gasteiger partial charge in [0.25, 0.3) is 0 Å². The van der Waals surface area contributed by atoms with Crippen LogP contribution in [0.5, 0.6) is 0 Å². The highest BCUT2D eigenvalue weighted by Crippen LogP contribution is 2.15. The molecule has 2 aromatic rings. The lowest BCUT2D eigenvalue weighted by Crippen LogP contribution is -2.06. The summed E-state index contributed by atoms with van der Waals surface area (Å²) in [5.41, 5.74) is 1.43. The molecule has 0 atom stereocenters. The third-order valence-corrected chi connectivity index (χ3v) is 2.33. The van der Waals surface area contributed by atoms with Crippen LogP contribution >= 0.6 is 0 Å². The highest BCUT2D eigenvalue weighted by Gasteiger charge is 2.12. The molecule has 0 saturated carbocycles. The molecule has 0 amide bonds. The number of nitrogens with zero attached hydrogens (tertiary/aromatic N) is 5. The maximum Gasteiger partial charge on any atom is 0.173 e. The van der Waals surface area contributed by atoms with Crippen molar-refractivity contribution in [2.75, 3.05) is 0 Å². The first kappa shape index (κ1) is 10.3. The van der Waals surface area contributed by atoms with Gasteiger partial charge in [-0.25, -0.2) is 9.97 Å².